The summed E-state index contributed by atoms with van der Waals surface area (Å²) in [4.78, 5) is 24.1. The zero-order valence-electron chi connectivity index (χ0n) is 17.7. The van der Waals surface area contributed by atoms with Crippen LogP contribution in [0.5, 0.6) is 0 Å². The first-order valence-corrected chi connectivity index (χ1v) is 10.4. The number of hydrogen-bond donors (Lipinski definition) is 4. The van der Waals surface area contributed by atoms with E-state index >= 15 is 0 Å². The van der Waals surface area contributed by atoms with E-state index < -0.39 is 22.8 Å². The van der Waals surface area contributed by atoms with Gasteiger partial charge in [-0.25, -0.2) is 14.8 Å². The van der Waals surface area contributed by atoms with E-state index in [1.165, 1.54) is 6.07 Å². The summed E-state index contributed by atoms with van der Waals surface area (Å²) in [6.07, 6.45) is -1.19. The van der Waals surface area contributed by atoms with Crippen molar-refractivity contribution in [2.75, 3.05) is 16.0 Å². The third-order valence-electron chi connectivity index (χ3n) is 4.79. The molecule has 0 aliphatic heterocycles. The maximum Gasteiger partial charge on any atom is 0.417 e. The molecule has 4 rings (SSSR count). The first-order valence-electron chi connectivity index (χ1n) is 9.98. The second-order valence-corrected chi connectivity index (χ2v) is 7.68. The Morgan fingerprint density at radius 2 is 1.82 bits per heavy atom. The van der Waals surface area contributed by atoms with Gasteiger partial charge in [0, 0.05) is 29.5 Å². The first kappa shape index (κ1) is 23.1. The van der Waals surface area contributed by atoms with Crippen molar-refractivity contribution in [3.63, 3.8) is 0 Å². The predicted molar refractivity (Wildman–Crippen MR) is 125 cm³/mol. The van der Waals surface area contributed by atoms with Crippen LogP contribution < -0.4 is 16.0 Å². The Kier molecular flexibility index (Phi) is 6.42. The van der Waals surface area contributed by atoms with Crippen LogP contribution in [0.2, 0.25) is 5.02 Å². The number of halogens is 4. The van der Waals surface area contributed by atoms with Gasteiger partial charge in [0.05, 0.1) is 22.0 Å². The number of hydrogen-bond acceptors (Lipinski definition) is 4. The molecular formula is C23H18ClF3N6O. The summed E-state index contributed by atoms with van der Waals surface area (Å²) in [7, 11) is 0. The average Bonchev–Trinajstić information content (AvgIpc) is 3.31. The molecule has 0 aliphatic carbocycles. The largest absolute Gasteiger partial charge is 0.417 e. The predicted octanol–water partition coefficient (Wildman–Crippen LogP) is 6.84. The van der Waals surface area contributed by atoms with Gasteiger partial charge in [0.25, 0.3) is 0 Å². The van der Waals surface area contributed by atoms with Crippen molar-refractivity contribution in [2.45, 2.75) is 13.1 Å². The fourth-order valence-electron chi connectivity index (χ4n) is 3.17. The molecule has 2 amide bonds. The number of aryl methyl sites for hydroxylation is 1. The molecule has 4 N–H and O–H groups in total. The molecule has 2 aromatic carbocycles. The zero-order valence-corrected chi connectivity index (χ0v) is 18.4. The van der Waals surface area contributed by atoms with E-state index in [1.54, 1.807) is 43.6 Å². The molecular weight excluding hydrogens is 469 g/mol. The fraction of sp³-hybridized carbons (Fsp3) is 0.0870. The van der Waals surface area contributed by atoms with Crippen molar-refractivity contribution in [1.29, 1.82) is 0 Å². The van der Waals surface area contributed by atoms with E-state index in [0.717, 1.165) is 23.5 Å². The maximum atomic E-state index is 13.0. The number of carbonyl (C=O) groups is 1. The van der Waals surface area contributed by atoms with Crippen molar-refractivity contribution < 1.29 is 18.0 Å². The van der Waals surface area contributed by atoms with Crippen LogP contribution in [0.15, 0.2) is 67.0 Å². The number of aromatic amines is 1. The highest BCUT2D eigenvalue weighted by Gasteiger charge is 2.33. The molecule has 174 valence electrons. The monoisotopic (exact) mass is 486 g/mol. The fourth-order valence-corrected chi connectivity index (χ4v) is 3.40. The highest BCUT2D eigenvalue weighted by Crippen LogP contribution is 2.36. The third kappa shape index (κ3) is 5.46. The molecule has 0 aliphatic rings. The van der Waals surface area contributed by atoms with Crippen molar-refractivity contribution in [3.8, 4) is 11.4 Å². The van der Waals surface area contributed by atoms with Crippen LogP contribution in [0.3, 0.4) is 0 Å². The molecule has 11 heteroatoms. The van der Waals surface area contributed by atoms with Crippen LogP contribution in [0.25, 0.3) is 11.4 Å². The van der Waals surface area contributed by atoms with Gasteiger partial charge in [-0.1, -0.05) is 11.6 Å². The lowest BCUT2D eigenvalue weighted by Gasteiger charge is -2.14. The Morgan fingerprint density at radius 3 is 2.53 bits per heavy atom. The minimum atomic E-state index is -4.63. The summed E-state index contributed by atoms with van der Waals surface area (Å²) in [5, 5.41) is 7.67. The summed E-state index contributed by atoms with van der Waals surface area (Å²) in [5.41, 5.74) is 2.41. The van der Waals surface area contributed by atoms with Gasteiger partial charge < -0.3 is 20.9 Å². The normalized spacial score (nSPS) is 11.2. The van der Waals surface area contributed by atoms with Gasteiger partial charge in [-0.2, -0.15) is 13.2 Å². The van der Waals surface area contributed by atoms with Crippen molar-refractivity contribution in [2.24, 2.45) is 0 Å². The Bertz CT molecular complexity index is 1320. The topological polar surface area (TPSA) is 94.7 Å². The Balaban J connectivity index is 1.43. The molecule has 0 saturated carbocycles. The van der Waals surface area contributed by atoms with E-state index in [9.17, 15) is 18.0 Å². The summed E-state index contributed by atoms with van der Waals surface area (Å²) < 4.78 is 39.1. The Morgan fingerprint density at radius 1 is 1.03 bits per heavy atom. The molecule has 4 aromatic rings. The molecule has 7 nitrogen and oxygen atoms in total. The number of carbonyl (C=O) groups excluding carboxylic acids is 1. The van der Waals surface area contributed by atoms with E-state index in [2.05, 4.69) is 30.9 Å². The van der Waals surface area contributed by atoms with Crippen molar-refractivity contribution >= 4 is 40.6 Å². The number of nitrogens with one attached hydrogen (secondary N) is 4. The van der Waals surface area contributed by atoms with Gasteiger partial charge in [-0.3, -0.25) is 0 Å². The van der Waals surface area contributed by atoms with Gasteiger partial charge in [-0.15, -0.1) is 0 Å². The van der Waals surface area contributed by atoms with Crippen LogP contribution in [0.4, 0.5) is 41.0 Å². The molecule has 0 radical (unpaired) electrons. The molecule has 0 saturated heterocycles. The number of benzene rings is 2. The quantitative estimate of drug-likeness (QED) is 0.248. The van der Waals surface area contributed by atoms with Gasteiger partial charge in [0.2, 0.25) is 5.95 Å². The van der Waals surface area contributed by atoms with Gasteiger partial charge in [-0.05, 0) is 67.1 Å². The number of nitrogens with zero attached hydrogens (tertiary/aromatic N) is 2. The zero-order chi connectivity index (χ0) is 24.3. The number of amides is 2. The van der Waals surface area contributed by atoms with Gasteiger partial charge >= 0.3 is 12.2 Å². The Hall–Kier alpha value is -4.05. The Labute approximate surface area is 197 Å². The van der Waals surface area contributed by atoms with E-state index in [4.69, 9.17) is 11.6 Å². The summed E-state index contributed by atoms with van der Waals surface area (Å²) in [6.45, 7) is 1.78. The molecule has 34 heavy (non-hydrogen) atoms. The van der Waals surface area contributed by atoms with Gasteiger partial charge in [0.1, 0.15) is 0 Å². The summed E-state index contributed by atoms with van der Waals surface area (Å²) >= 11 is 5.61. The number of rotatable bonds is 5. The van der Waals surface area contributed by atoms with Crippen LogP contribution in [-0.4, -0.2) is 21.0 Å². The number of anilines is 4. The second-order valence-electron chi connectivity index (χ2n) is 7.28. The van der Waals surface area contributed by atoms with Crippen molar-refractivity contribution in [1.82, 2.24) is 15.0 Å². The van der Waals surface area contributed by atoms with Crippen LogP contribution in [0, 0.1) is 6.92 Å². The molecule has 0 unspecified atom stereocenters. The minimum absolute atomic E-state index is 0.0377. The second kappa shape index (κ2) is 9.44. The van der Waals surface area contributed by atoms with E-state index in [0.29, 0.717) is 22.9 Å². The van der Waals surface area contributed by atoms with Crippen LogP contribution >= 0.6 is 11.6 Å². The summed E-state index contributed by atoms with van der Waals surface area (Å²) in [5.74, 6) is 0.396. The van der Waals surface area contributed by atoms with E-state index in [-0.39, 0.29) is 5.69 Å². The third-order valence-corrected chi connectivity index (χ3v) is 5.12. The number of alkyl halides is 3. The minimum Gasteiger partial charge on any atom is -0.360 e. The molecule has 2 aromatic heterocycles. The van der Waals surface area contributed by atoms with E-state index in [1.807, 2.05) is 12.1 Å². The smallest absolute Gasteiger partial charge is 0.360 e. The SMILES string of the molecule is Cc1cc(Nc2nccc(-c3ccc[nH]3)n2)ccc1NC(=O)Nc1ccc(Cl)c(C(F)(F)F)c1. The van der Waals surface area contributed by atoms with Crippen LogP contribution in [-0.2, 0) is 6.18 Å². The molecule has 2 heterocycles. The van der Waals surface area contributed by atoms with Crippen molar-refractivity contribution in [3.05, 3.63) is 83.1 Å². The lowest BCUT2D eigenvalue weighted by atomic mass is 10.1. The standard InChI is InChI=1S/C23H18ClF3N6O/c1-13-11-14(30-21-29-10-8-20(32-21)19-3-2-9-28-19)5-7-18(13)33-22(34)31-15-4-6-17(24)16(12-15)23(25,26)27/h2-12,28H,1H3,(H,29,30,32)(H2,31,33,34). The highest BCUT2D eigenvalue weighted by molar-refractivity contribution is 6.31. The lowest BCUT2D eigenvalue weighted by molar-refractivity contribution is -0.137. The number of H-pyrrole nitrogens is 1. The summed E-state index contributed by atoms with van der Waals surface area (Å²) in [6, 6.07) is 13.2. The lowest BCUT2D eigenvalue weighted by Crippen LogP contribution is -2.20. The molecule has 0 bridgehead atoms. The average molecular weight is 487 g/mol. The number of urea groups is 1. The number of aromatic nitrogens is 3. The highest BCUT2D eigenvalue weighted by atomic mass is 35.5. The maximum absolute atomic E-state index is 13.0. The molecule has 0 fully saturated rings. The molecule has 0 spiro atoms. The first-order chi connectivity index (χ1) is 16.2. The van der Waals surface area contributed by atoms with Gasteiger partial charge in [0.15, 0.2) is 0 Å². The van der Waals surface area contributed by atoms with Crippen LogP contribution in [0.1, 0.15) is 11.1 Å². The molecule has 0 atom stereocenters.